The highest BCUT2D eigenvalue weighted by Gasteiger charge is 2.19. The zero-order valence-corrected chi connectivity index (χ0v) is 28.0. The molecule has 0 saturated heterocycles. The van der Waals surface area contributed by atoms with Crippen LogP contribution in [0.25, 0.3) is 0 Å². The molecule has 1 amide bonds. The van der Waals surface area contributed by atoms with Gasteiger partial charge in [-0.2, -0.15) is 0 Å². The second-order valence-electron chi connectivity index (χ2n) is 10.2. The van der Waals surface area contributed by atoms with Crippen LogP contribution in [0.4, 0.5) is 4.79 Å². The fraction of sp³-hybridized carbons (Fsp3) is 0.967. The van der Waals surface area contributed by atoms with Gasteiger partial charge in [-0.25, -0.2) is 4.79 Å². The Morgan fingerprint density at radius 1 is 0.432 bits per heavy atom. The summed E-state index contributed by atoms with van der Waals surface area (Å²) in [7, 11) is 1.68. The van der Waals surface area contributed by atoms with E-state index in [0.717, 1.165) is 0 Å². The van der Waals surface area contributed by atoms with Gasteiger partial charge in [-0.05, 0) is 27.7 Å². The smallest absolute Gasteiger partial charge is 0.410 e. The molecule has 0 saturated carbocycles. The van der Waals surface area contributed by atoms with E-state index >= 15 is 0 Å². The Labute approximate surface area is 265 Å². The number of carbonyl (C=O) groups excluding carboxylic acids is 1. The molecule has 264 valence electrons. The van der Waals surface area contributed by atoms with Crippen LogP contribution in [0.3, 0.4) is 0 Å². The van der Waals surface area contributed by atoms with E-state index in [-0.39, 0.29) is 6.09 Å². The molecule has 0 aromatic heterocycles. The van der Waals surface area contributed by atoms with Crippen LogP contribution in [0.15, 0.2) is 0 Å². The van der Waals surface area contributed by atoms with E-state index in [0.29, 0.717) is 152 Å². The lowest BCUT2D eigenvalue weighted by Crippen LogP contribution is -2.36. The van der Waals surface area contributed by atoms with Gasteiger partial charge in [0.2, 0.25) is 0 Å². The van der Waals surface area contributed by atoms with Crippen LogP contribution >= 0.6 is 0 Å². The molecular weight excluding hydrogens is 582 g/mol. The van der Waals surface area contributed by atoms with Gasteiger partial charge in [0.05, 0.1) is 139 Å². The molecule has 0 aromatic rings. The molecule has 0 aliphatic rings. The number of carbonyl (C=O) groups is 1. The SMILES string of the molecule is CCOCCOCCOCCOCCOCCOCCOCCOCCOCCOCCOCCN(C)C(=O)OC(C)(C)C. The lowest BCUT2D eigenvalue weighted by atomic mass is 10.2. The largest absolute Gasteiger partial charge is 0.444 e. The number of likely N-dealkylation sites (N-methyl/N-ethyl adjacent to an activating group) is 1. The Kier molecular flexibility index (Phi) is 32.3. The van der Waals surface area contributed by atoms with Gasteiger partial charge in [-0.15, -0.1) is 0 Å². The molecule has 0 unspecified atom stereocenters. The van der Waals surface area contributed by atoms with Gasteiger partial charge in [0.1, 0.15) is 5.60 Å². The zero-order valence-electron chi connectivity index (χ0n) is 28.0. The predicted octanol–water partition coefficient (Wildman–Crippen LogP) is 2.06. The van der Waals surface area contributed by atoms with Gasteiger partial charge in [-0.3, -0.25) is 0 Å². The summed E-state index contributed by atoms with van der Waals surface area (Å²) in [5.41, 5.74) is -0.508. The topological polar surface area (TPSA) is 131 Å². The van der Waals surface area contributed by atoms with E-state index in [1.165, 1.54) is 4.90 Å². The number of hydrogen-bond acceptors (Lipinski definition) is 13. The fourth-order valence-electron chi connectivity index (χ4n) is 2.98. The molecule has 0 atom stereocenters. The van der Waals surface area contributed by atoms with Crippen LogP contribution in [0, 0.1) is 0 Å². The summed E-state index contributed by atoms with van der Waals surface area (Å²) in [5.74, 6) is 0. The average Bonchev–Trinajstić information content (AvgIpc) is 2.98. The van der Waals surface area contributed by atoms with E-state index in [2.05, 4.69) is 0 Å². The third-order valence-electron chi connectivity index (χ3n) is 5.20. The molecule has 14 nitrogen and oxygen atoms in total. The summed E-state index contributed by atoms with van der Waals surface area (Å²) in [6, 6.07) is 0. The van der Waals surface area contributed by atoms with Gasteiger partial charge >= 0.3 is 6.09 Å². The second-order valence-corrected chi connectivity index (χ2v) is 10.2. The first-order chi connectivity index (χ1) is 21.4. The van der Waals surface area contributed by atoms with E-state index in [4.69, 9.17) is 56.8 Å². The quantitative estimate of drug-likeness (QED) is 0.0949. The average molecular weight is 644 g/mol. The number of hydrogen-bond donors (Lipinski definition) is 0. The molecule has 0 aromatic carbocycles. The van der Waals surface area contributed by atoms with Crippen LogP contribution in [-0.2, 0) is 56.8 Å². The molecule has 0 aliphatic carbocycles. The van der Waals surface area contributed by atoms with Gasteiger partial charge < -0.3 is 61.7 Å². The van der Waals surface area contributed by atoms with Crippen molar-refractivity contribution < 1.29 is 61.6 Å². The van der Waals surface area contributed by atoms with Crippen molar-refractivity contribution in [1.82, 2.24) is 4.90 Å². The molecular formula is C30H61NO13. The van der Waals surface area contributed by atoms with Crippen molar-refractivity contribution >= 4 is 6.09 Å². The van der Waals surface area contributed by atoms with Crippen molar-refractivity contribution in [3.63, 3.8) is 0 Å². The summed E-state index contributed by atoms with van der Waals surface area (Å²) in [6.45, 7) is 19.3. The second kappa shape index (κ2) is 33.2. The first-order valence-electron chi connectivity index (χ1n) is 15.7. The van der Waals surface area contributed by atoms with Crippen molar-refractivity contribution in [2.24, 2.45) is 0 Å². The van der Waals surface area contributed by atoms with Gasteiger partial charge in [0.15, 0.2) is 0 Å². The zero-order chi connectivity index (χ0) is 32.4. The molecule has 0 bridgehead atoms. The monoisotopic (exact) mass is 643 g/mol. The van der Waals surface area contributed by atoms with Crippen molar-refractivity contribution in [1.29, 1.82) is 0 Å². The maximum absolute atomic E-state index is 11.8. The molecule has 44 heavy (non-hydrogen) atoms. The Bertz CT molecular complexity index is 596. The first kappa shape index (κ1) is 42.8. The molecule has 0 N–H and O–H groups in total. The Balaban J connectivity index is 3.14. The molecule has 0 rings (SSSR count). The molecule has 0 radical (unpaired) electrons. The molecule has 14 heteroatoms. The van der Waals surface area contributed by atoms with E-state index < -0.39 is 5.60 Å². The standard InChI is InChI=1S/C30H61NO13/c1-6-33-9-10-35-13-14-37-17-18-39-21-22-41-25-26-43-28-27-42-24-23-40-20-19-38-16-15-36-12-11-34-8-7-31(5)29(32)44-30(2,3)4/h6-28H2,1-5H3. The maximum Gasteiger partial charge on any atom is 0.410 e. The van der Waals surface area contributed by atoms with Gasteiger partial charge in [0, 0.05) is 20.2 Å². The van der Waals surface area contributed by atoms with E-state index in [9.17, 15) is 4.79 Å². The van der Waals surface area contributed by atoms with Crippen LogP contribution in [-0.4, -0.2) is 176 Å². The van der Waals surface area contributed by atoms with Crippen molar-refractivity contribution in [2.45, 2.75) is 33.3 Å². The number of nitrogens with zero attached hydrogens (tertiary/aromatic N) is 1. The third-order valence-corrected chi connectivity index (χ3v) is 5.20. The Morgan fingerprint density at radius 2 is 0.659 bits per heavy atom. The van der Waals surface area contributed by atoms with Crippen molar-refractivity contribution in [2.75, 3.05) is 159 Å². The first-order valence-corrected chi connectivity index (χ1v) is 15.7. The lowest BCUT2D eigenvalue weighted by Gasteiger charge is -2.24. The van der Waals surface area contributed by atoms with Gasteiger partial charge in [-0.1, -0.05) is 0 Å². The van der Waals surface area contributed by atoms with Crippen LogP contribution in [0.2, 0.25) is 0 Å². The van der Waals surface area contributed by atoms with Gasteiger partial charge in [0.25, 0.3) is 0 Å². The summed E-state index contributed by atoms with van der Waals surface area (Å²) >= 11 is 0. The normalized spacial score (nSPS) is 11.8. The fourth-order valence-corrected chi connectivity index (χ4v) is 2.98. The molecule has 0 spiro atoms. The van der Waals surface area contributed by atoms with Crippen molar-refractivity contribution in [3.8, 4) is 0 Å². The lowest BCUT2D eigenvalue weighted by molar-refractivity contribution is -0.0276. The van der Waals surface area contributed by atoms with E-state index in [1.54, 1.807) is 7.05 Å². The number of amides is 1. The maximum atomic E-state index is 11.8. The summed E-state index contributed by atoms with van der Waals surface area (Å²) in [5, 5.41) is 0. The predicted molar refractivity (Wildman–Crippen MR) is 164 cm³/mol. The minimum atomic E-state index is -0.508. The number of rotatable bonds is 34. The highest BCUT2D eigenvalue weighted by Crippen LogP contribution is 2.08. The highest BCUT2D eigenvalue weighted by molar-refractivity contribution is 5.67. The summed E-state index contributed by atoms with van der Waals surface area (Å²) < 4.78 is 64.9. The minimum absolute atomic E-state index is 0.363. The van der Waals surface area contributed by atoms with Crippen molar-refractivity contribution in [3.05, 3.63) is 0 Å². The molecule has 0 fully saturated rings. The Morgan fingerprint density at radius 3 is 0.886 bits per heavy atom. The number of ether oxygens (including phenoxy) is 12. The highest BCUT2D eigenvalue weighted by atomic mass is 16.6. The van der Waals surface area contributed by atoms with E-state index in [1.807, 2.05) is 27.7 Å². The Hall–Kier alpha value is -1.17. The third kappa shape index (κ3) is 35.3. The minimum Gasteiger partial charge on any atom is -0.444 e. The molecule has 0 heterocycles. The summed E-state index contributed by atoms with van der Waals surface area (Å²) in [4.78, 5) is 13.3. The molecule has 0 aliphatic heterocycles. The van der Waals surface area contributed by atoms with Crippen LogP contribution in [0.1, 0.15) is 27.7 Å². The van der Waals surface area contributed by atoms with Crippen LogP contribution in [0.5, 0.6) is 0 Å². The van der Waals surface area contributed by atoms with Crippen LogP contribution < -0.4 is 0 Å². The summed E-state index contributed by atoms with van der Waals surface area (Å²) in [6.07, 6.45) is -0.363.